The number of benzene rings is 3. The fraction of sp³-hybridized carbons (Fsp3) is 0.0455. The van der Waals surface area contributed by atoms with E-state index < -0.39 is 15.9 Å². The summed E-state index contributed by atoms with van der Waals surface area (Å²) in [5.74, 6) is -0.245. The van der Waals surface area contributed by atoms with E-state index in [4.69, 9.17) is 27.6 Å². The highest BCUT2D eigenvalue weighted by Crippen LogP contribution is 2.37. The first kappa shape index (κ1) is 23.3. The van der Waals surface area contributed by atoms with E-state index in [0.29, 0.717) is 15.7 Å². The highest BCUT2D eigenvalue weighted by molar-refractivity contribution is 7.99. The molecule has 4 aromatic rings. The minimum atomic E-state index is -4.29. The van der Waals surface area contributed by atoms with Crippen molar-refractivity contribution in [1.29, 1.82) is 0 Å². The zero-order valence-electron chi connectivity index (χ0n) is 16.7. The van der Waals surface area contributed by atoms with Crippen LogP contribution in [0.1, 0.15) is 15.9 Å². The summed E-state index contributed by atoms with van der Waals surface area (Å²) in [5.41, 5.74) is 1.37. The van der Waals surface area contributed by atoms with Gasteiger partial charge >= 0.3 is 0 Å². The zero-order valence-corrected chi connectivity index (χ0v) is 19.9. The Bertz CT molecular complexity index is 1380. The van der Waals surface area contributed by atoms with Crippen molar-refractivity contribution >= 4 is 50.9 Å². The van der Waals surface area contributed by atoms with E-state index in [1.165, 1.54) is 48.2 Å². The molecule has 0 unspecified atom stereocenters. The molecule has 0 spiro atoms. The Morgan fingerprint density at radius 1 is 1.03 bits per heavy atom. The average molecular weight is 520 g/mol. The lowest BCUT2D eigenvalue weighted by molar-refractivity contribution is 0.0981. The van der Waals surface area contributed by atoms with Crippen molar-refractivity contribution in [1.82, 2.24) is 14.9 Å². The first-order chi connectivity index (χ1) is 15.8. The molecule has 0 saturated heterocycles. The maximum absolute atomic E-state index is 13.3. The van der Waals surface area contributed by atoms with E-state index in [-0.39, 0.29) is 26.9 Å². The summed E-state index contributed by atoms with van der Waals surface area (Å²) >= 11 is 13.5. The van der Waals surface area contributed by atoms with Crippen LogP contribution >= 0.6 is 35.0 Å². The van der Waals surface area contributed by atoms with Gasteiger partial charge < -0.3 is 4.42 Å². The van der Waals surface area contributed by atoms with E-state index >= 15 is 0 Å². The number of carbonyl (C=O) groups excluding carboxylic acids is 1. The maximum atomic E-state index is 13.3. The molecule has 0 aliphatic carbocycles. The van der Waals surface area contributed by atoms with Crippen molar-refractivity contribution in [3.05, 3.63) is 94.3 Å². The summed E-state index contributed by atoms with van der Waals surface area (Å²) in [6.07, 6.45) is 1.11. The number of hydrogen-bond acceptors (Lipinski definition) is 7. The Morgan fingerprint density at radius 3 is 2.42 bits per heavy atom. The molecule has 33 heavy (non-hydrogen) atoms. The number of nitrogens with zero attached hydrogens (tertiary/aromatic N) is 2. The zero-order chi connectivity index (χ0) is 23.4. The highest BCUT2D eigenvalue weighted by Gasteiger charge is 2.25. The van der Waals surface area contributed by atoms with Crippen molar-refractivity contribution in [2.45, 2.75) is 15.5 Å². The second kappa shape index (κ2) is 9.96. The summed E-state index contributed by atoms with van der Waals surface area (Å²) in [7, 11) is -4.29. The molecule has 3 aromatic carbocycles. The van der Waals surface area contributed by atoms with Crippen LogP contribution in [0.15, 0.2) is 87.3 Å². The molecule has 0 fully saturated rings. The normalized spacial score (nSPS) is 11.3. The Balaban J connectivity index is 1.71. The Kier molecular flexibility index (Phi) is 7.04. The van der Waals surface area contributed by atoms with Crippen LogP contribution in [0.5, 0.6) is 0 Å². The summed E-state index contributed by atoms with van der Waals surface area (Å²) in [6.45, 7) is 0. The van der Waals surface area contributed by atoms with Crippen LogP contribution in [-0.4, -0.2) is 24.5 Å². The van der Waals surface area contributed by atoms with Crippen LogP contribution in [0, 0.1) is 0 Å². The molecule has 7 nitrogen and oxygen atoms in total. The molecule has 1 amide bonds. The molecule has 0 radical (unpaired) electrons. The van der Waals surface area contributed by atoms with Crippen LogP contribution in [0.4, 0.5) is 0 Å². The molecule has 4 rings (SSSR count). The second-order valence-electron chi connectivity index (χ2n) is 6.74. The number of halogens is 2. The first-order valence-electron chi connectivity index (χ1n) is 9.43. The van der Waals surface area contributed by atoms with E-state index in [1.54, 1.807) is 0 Å². The third-order valence-electron chi connectivity index (χ3n) is 4.48. The average Bonchev–Trinajstić information content (AvgIpc) is 3.33. The maximum Gasteiger partial charge on any atom is 0.265 e. The van der Waals surface area contributed by atoms with Gasteiger partial charge in [-0.2, -0.15) is 0 Å². The molecule has 1 aromatic heterocycles. The summed E-state index contributed by atoms with van der Waals surface area (Å²) < 4.78 is 33.8. The number of carbonyl (C=O) groups is 1. The Labute approximate surface area is 204 Å². The van der Waals surface area contributed by atoms with Crippen LogP contribution < -0.4 is 4.72 Å². The molecule has 1 N–H and O–H groups in total. The van der Waals surface area contributed by atoms with Gasteiger partial charge in [-0.05, 0) is 42.0 Å². The van der Waals surface area contributed by atoms with Gasteiger partial charge in [0, 0.05) is 21.2 Å². The molecule has 0 aliphatic heterocycles. The van der Waals surface area contributed by atoms with Gasteiger partial charge in [-0.3, -0.25) is 4.79 Å². The molecule has 1 heterocycles. The van der Waals surface area contributed by atoms with E-state index in [0.717, 1.165) is 12.0 Å². The fourth-order valence-corrected chi connectivity index (χ4v) is 5.81. The third-order valence-corrected chi connectivity index (χ3v) is 7.68. The number of thioether (sulfide) groups is 1. The number of nitrogens with one attached hydrogen (secondary N) is 1. The molecular weight excluding hydrogens is 505 g/mol. The molecule has 0 aliphatic rings. The van der Waals surface area contributed by atoms with E-state index in [1.807, 2.05) is 30.3 Å². The minimum Gasteiger partial charge on any atom is -0.423 e. The number of aromatic nitrogens is 2. The molecule has 0 bridgehead atoms. The predicted octanol–water partition coefficient (Wildman–Crippen LogP) is 5.45. The van der Waals surface area contributed by atoms with Crippen molar-refractivity contribution in [3.63, 3.8) is 0 Å². The van der Waals surface area contributed by atoms with Gasteiger partial charge in [-0.15, -0.1) is 22.0 Å². The van der Waals surface area contributed by atoms with Gasteiger partial charge in [0.25, 0.3) is 15.9 Å². The monoisotopic (exact) mass is 519 g/mol. The lowest BCUT2D eigenvalue weighted by Gasteiger charge is -2.14. The smallest absolute Gasteiger partial charge is 0.265 e. The van der Waals surface area contributed by atoms with Crippen LogP contribution in [-0.2, 0) is 15.8 Å². The number of amides is 1. The Morgan fingerprint density at radius 2 is 1.76 bits per heavy atom. The second-order valence-corrected chi connectivity index (χ2v) is 10.3. The van der Waals surface area contributed by atoms with Gasteiger partial charge in [-0.25, -0.2) is 13.1 Å². The summed E-state index contributed by atoms with van der Waals surface area (Å²) in [5, 5.41) is 8.08. The van der Waals surface area contributed by atoms with E-state index in [9.17, 15) is 13.2 Å². The molecule has 11 heteroatoms. The molecule has 0 atom stereocenters. The third kappa shape index (κ3) is 5.56. The van der Waals surface area contributed by atoms with E-state index in [2.05, 4.69) is 14.9 Å². The van der Waals surface area contributed by atoms with Crippen LogP contribution in [0.3, 0.4) is 0 Å². The standard InChI is InChI=1S/C22H15Cl2N3O4S2/c23-16-8-6-15(7-9-16)21(28)27-33(29,30)20-10-17(22-26-25-13-31-22)18(24)11-19(20)32-12-14-4-2-1-3-5-14/h1-11,13H,12H2,(H,27,28). The largest absolute Gasteiger partial charge is 0.423 e. The summed E-state index contributed by atoms with van der Waals surface area (Å²) in [4.78, 5) is 12.8. The van der Waals surface area contributed by atoms with Crippen molar-refractivity contribution in [2.75, 3.05) is 0 Å². The van der Waals surface area contributed by atoms with Gasteiger partial charge in [-0.1, -0.05) is 53.5 Å². The van der Waals surface area contributed by atoms with Crippen molar-refractivity contribution in [3.8, 4) is 11.5 Å². The number of rotatable bonds is 7. The number of sulfonamides is 1. The first-order valence-corrected chi connectivity index (χ1v) is 12.7. The SMILES string of the molecule is O=C(NS(=O)(=O)c1cc(-c2nnco2)c(Cl)cc1SCc1ccccc1)c1ccc(Cl)cc1. The summed E-state index contributed by atoms with van der Waals surface area (Å²) in [6, 6.07) is 18.2. The lowest BCUT2D eigenvalue weighted by atomic mass is 10.2. The highest BCUT2D eigenvalue weighted by atomic mass is 35.5. The van der Waals surface area contributed by atoms with Gasteiger partial charge in [0.2, 0.25) is 12.3 Å². The molecule has 168 valence electrons. The van der Waals surface area contributed by atoms with Crippen molar-refractivity contribution < 1.29 is 17.6 Å². The molecular formula is C22H15Cl2N3O4S2. The lowest BCUT2D eigenvalue weighted by Crippen LogP contribution is -2.31. The number of hydrogen-bond donors (Lipinski definition) is 1. The quantitative estimate of drug-likeness (QED) is 0.323. The van der Waals surface area contributed by atoms with Gasteiger partial charge in [0.15, 0.2) is 0 Å². The fourth-order valence-electron chi connectivity index (χ4n) is 2.88. The van der Waals surface area contributed by atoms with Gasteiger partial charge in [0.1, 0.15) is 4.90 Å². The minimum absolute atomic E-state index is 0.0556. The Hall–Kier alpha value is -2.85. The topological polar surface area (TPSA) is 102 Å². The van der Waals surface area contributed by atoms with Gasteiger partial charge in [0.05, 0.1) is 10.6 Å². The van der Waals surface area contributed by atoms with Crippen molar-refractivity contribution in [2.24, 2.45) is 0 Å². The van der Waals surface area contributed by atoms with Crippen LogP contribution in [0.2, 0.25) is 10.0 Å². The van der Waals surface area contributed by atoms with Crippen LogP contribution in [0.25, 0.3) is 11.5 Å². The molecule has 0 saturated carbocycles. The predicted molar refractivity (Wildman–Crippen MR) is 127 cm³/mol.